The lowest BCUT2D eigenvalue weighted by Gasteiger charge is -2.27. The fourth-order valence-corrected chi connectivity index (χ4v) is 2.94. The van der Waals surface area contributed by atoms with Crippen LogP contribution in [-0.4, -0.2) is 34.6 Å². The summed E-state index contributed by atoms with van der Waals surface area (Å²) in [5.74, 6) is -1.36. The van der Waals surface area contributed by atoms with Crippen LogP contribution < -0.4 is 5.32 Å². The molecule has 1 amide bonds. The zero-order valence-corrected chi connectivity index (χ0v) is 12.6. The topological polar surface area (TPSA) is 88.5 Å². The molecule has 0 aliphatic heterocycles. The summed E-state index contributed by atoms with van der Waals surface area (Å²) in [6.45, 7) is 0. The van der Waals surface area contributed by atoms with Crippen LogP contribution in [0, 0.1) is 0 Å². The number of aromatic nitrogens is 1. The second-order valence-corrected chi connectivity index (χ2v) is 5.52. The number of pyridine rings is 1. The number of nitrogens with zero attached hydrogens (tertiary/aromatic N) is 1. The van der Waals surface area contributed by atoms with E-state index in [1.54, 1.807) is 0 Å². The van der Waals surface area contributed by atoms with Gasteiger partial charge in [-0.05, 0) is 23.3 Å². The van der Waals surface area contributed by atoms with Gasteiger partial charge in [0, 0.05) is 19.0 Å². The number of amides is 1. The van der Waals surface area contributed by atoms with Gasteiger partial charge in [-0.15, -0.1) is 0 Å². The van der Waals surface area contributed by atoms with Gasteiger partial charge in [0.1, 0.15) is 11.3 Å². The van der Waals surface area contributed by atoms with Gasteiger partial charge in [-0.2, -0.15) is 0 Å². The molecule has 0 saturated carbocycles. The van der Waals surface area contributed by atoms with Gasteiger partial charge < -0.3 is 15.2 Å². The van der Waals surface area contributed by atoms with E-state index in [4.69, 9.17) is 4.74 Å². The third kappa shape index (κ3) is 2.63. The first kappa shape index (κ1) is 15.0. The molecule has 1 aliphatic carbocycles. The number of nitrogens with one attached hydrogen (secondary N) is 1. The van der Waals surface area contributed by atoms with Crippen LogP contribution in [0.5, 0.6) is 5.75 Å². The molecule has 0 saturated heterocycles. The first-order valence-electron chi connectivity index (χ1n) is 7.17. The summed E-state index contributed by atoms with van der Waals surface area (Å²) in [6, 6.07) is 10.5. The molecule has 2 aromatic rings. The monoisotopic (exact) mass is 312 g/mol. The molecule has 1 aliphatic rings. The molecule has 0 atom stereocenters. The largest absolute Gasteiger partial charge is 0.505 e. The predicted molar refractivity (Wildman–Crippen MR) is 82.0 cm³/mol. The van der Waals surface area contributed by atoms with Crippen molar-refractivity contribution < 1.29 is 19.4 Å². The van der Waals surface area contributed by atoms with E-state index in [2.05, 4.69) is 10.3 Å². The summed E-state index contributed by atoms with van der Waals surface area (Å²) >= 11 is 0. The number of benzene rings is 1. The Labute approximate surface area is 133 Å². The zero-order chi connectivity index (χ0) is 16.4. The molecule has 2 N–H and O–H groups in total. The molecule has 23 heavy (non-hydrogen) atoms. The highest BCUT2D eigenvalue weighted by atomic mass is 16.5. The van der Waals surface area contributed by atoms with Crippen molar-refractivity contribution >= 4 is 11.9 Å². The molecule has 3 rings (SSSR count). The number of esters is 1. The van der Waals surface area contributed by atoms with Gasteiger partial charge in [-0.1, -0.05) is 24.3 Å². The Balaban J connectivity index is 1.92. The maximum Gasteiger partial charge on any atom is 0.332 e. The first-order valence-corrected chi connectivity index (χ1v) is 7.17. The van der Waals surface area contributed by atoms with Crippen LogP contribution >= 0.6 is 0 Å². The van der Waals surface area contributed by atoms with E-state index in [9.17, 15) is 14.7 Å². The summed E-state index contributed by atoms with van der Waals surface area (Å²) in [5, 5.41) is 12.5. The molecule has 1 heterocycles. The molecule has 0 bridgehead atoms. The van der Waals surface area contributed by atoms with Gasteiger partial charge in [-0.3, -0.25) is 4.79 Å². The number of carbonyl (C=O) groups is 2. The lowest BCUT2D eigenvalue weighted by molar-refractivity contribution is -0.147. The molecule has 0 fully saturated rings. The maximum atomic E-state index is 12.5. The van der Waals surface area contributed by atoms with E-state index in [0.717, 1.165) is 11.1 Å². The van der Waals surface area contributed by atoms with Gasteiger partial charge in [0.05, 0.1) is 7.11 Å². The lowest BCUT2D eigenvalue weighted by atomic mass is 9.95. The second-order valence-electron chi connectivity index (χ2n) is 5.52. The van der Waals surface area contributed by atoms with E-state index in [1.807, 2.05) is 24.3 Å². The van der Waals surface area contributed by atoms with Gasteiger partial charge in [0.25, 0.3) is 5.91 Å². The average molecular weight is 312 g/mol. The molecule has 1 aromatic carbocycles. The van der Waals surface area contributed by atoms with Crippen molar-refractivity contribution in [1.29, 1.82) is 0 Å². The van der Waals surface area contributed by atoms with Crippen molar-refractivity contribution in [2.75, 3.05) is 7.11 Å². The molecule has 1 aromatic heterocycles. The Morgan fingerprint density at radius 3 is 2.39 bits per heavy atom. The number of hydrogen-bond donors (Lipinski definition) is 2. The van der Waals surface area contributed by atoms with Crippen molar-refractivity contribution in [3.8, 4) is 5.75 Å². The van der Waals surface area contributed by atoms with Crippen LogP contribution in [0.1, 0.15) is 21.6 Å². The number of methoxy groups -OCH3 is 1. The van der Waals surface area contributed by atoms with E-state index in [0.29, 0.717) is 12.8 Å². The quantitative estimate of drug-likeness (QED) is 0.832. The second kappa shape index (κ2) is 5.72. The third-order valence-electron chi connectivity index (χ3n) is 4.03. The average Bonchev–Trinajstić information content (AvgIpc) is 2.93. The van der Waals surface area contributed by atoms with Crippen LogP contribution in [0.25, 0.3) is 0 Å². The van der Waals surface area contributed by atoms with Crippen LogP contribution in [-0.2, 0) is 22.4 Å². The number of fused-ring (bicyclic) bond motifs is 1. The Morgan fingerprint density at radius 2 is 1.83 bits per heavy atom. The molecular formula is C17H16N2O4. The van der Waals surface area contributed by atoms with Crippen LogP contribution in [0.2, 0.25) is 0 Å². The Morgan fingerprint density at radius 1 is 1.17 bits per heavy atom. The van der Waals surface area contributed by atoms with E-state index < -0.39 is 17.4 Å². The van der Waals surface area contributed by atoms with Crippen molar-refractivity contribution in [3.05, 3.63) is 59.4 Å². The highest BCUT2D eigenvalue weighted by Gasteiger charge is 2.46. The Bertz CT molecular complexity index is 748. The molecule has 6 nitrogen and oxygen atoms in total. The molecule has 0 radical (unpaired) electrons. The molecule has 0 spiro atoms. The van der Waals surface area contributed by atoms with Crippen molar-refractivity contribution in [2.45, 2.75) is 18.4 Å². The number of carbonyl (C=O) groups excluding carboxylic acids is 2. The number of rotatable bonds is 3. The molecule has 0 unspecified atom stereocenters. The third-order valence-corrected chi connectivity index (χ3v) is 4.03. The van der Waals surface area contributed by atoms with Crippen LogP contribution in [0.4, 0.5) is 0 Å². The molecule has 118 valence electrons. The fraction of sp³-hybridized carbons (Fsp3) is 0.235. The summed E-state index contributed by atoms with van der Waals surface area (Å²) < 4.78 is 4.90. The van der Waals surface area contributed by atoms with Crippen LogP contribution in [0.15, 0.2) is 42.6 Å². The van der Waals surface area contributed by atoms with Crippen LogP contribution in [0.3, 0.4) is 0 Å². The standard InChI is InChI=1S/C17H16N2O4/c1-23-16(22)17(9-11-5-2-3-6-12(11)10-17)19-15(21)14-13(20)7-4-8-18-14/h2-8,20H,9-10H2,1H3,(H,19,21). The first-order chi connectivity index (χ1) is 11.1. The summed E-state index contributed by atoms with van der Waals surface area (Å²) in [4.78, 5) is 28.7. The SMILES string of the molecule is COC(=O)C1(NC(=O)c2ncccc2O)Cc2ccccc2C1. The minimum Gasteiger partial charge on any atom is -0.505 e. The molecule has 6 heteroatoms. The van der Waals surface area contributed by atoms with Crippen molar-refractivity contribution in [2.24, 2.45) is 0 Å². The van der Waals surface area contributed by atoms with Gasteiger partial charge in [-0.25, -0.2) is 9.78 Å². The van der Waals surface area contributed by atoms with Crippen molar-refractivity contribution in [1.82, 2.24) is 10.3 Å². The van der Waals surface area contributed by atoms with Gasteiger partial charge in [0.15, 0.2) is 5.69 Å². The van der Waals surface area contributed by atoms with Gasteiger partial charge >= 0.3 is 5.97 Å². The number of hydrogen-bond acceptors (Lipinski definition) is 5. The summed E-state index contributed by atoms with van der Waals surface area (Å²) in [7, 11) is 1.29. The smallest absolute Gasteiger partial charge is 0.332 e. The van der Waals surface area contributed by atoms with E-state index in [-0.39, 0.29) is 11.4 Å². The minimum atomic E-state index is -1.18. The lowest BCUT2D eigenvalue weighted by Crippen LogP contribution is -2.56. The number of aromatic hydroxyl groups is 1. The fourth-order valence-electron chi connectivity index (χ4n) is 2.94. The Kier molecular flexibility index (Phi) is 3.73. The Hall–Kier alpha value is -2.89. The van der Waals surface area contributed by atoms with Crippen molar-refractivity contribution in [3.63, 3.8) is 0 Å². The highest BCUT2D eigenvalue weighted by Crippen LogP contribution is 2.31. The zero-order valence-electron chi connectivity index (χ0n) is 12.6. The normalized spacial score (nSPS) is 14.8. The van der Waals surface area contributed by atoms with E-state index in [1.165, 1.54) is 25.4 Å². The number of ether oxygens (including phenoxy) is 1. The predicted octanol–water partition coefficient (Wildman–Crippen LogP) is 1.23. The highest BCUT2D eigenvalue weighted by molar-refractivity contribution is 5.99. The summed E-state index contributed by atoms with van der Waals surface area (Å²) in [6.07, 6.45) is 2.09. The van der Waals surface area contributed by atoms with Gasteiger partial charge in [0.2, 0.25) is 0 Å². The summed E-state index contributed by atoms with van der Waals surface area (Å²) in [5.41, 5.74) is 0.679. The van der Waals surface area contributed by atoms with E-state index >= 15 is 0 Å². The minimum absolute atomic E-state index is 0.119. The maximum absolute atomic E-state index is 12.5. The molecular weight excluding hydrogens is 296 g/mol.